The van der Waals surface area contributed by atoms with Gasteiger partial charge in [0.25, 0.3) is 0 Å². The van der Waals surface area contributed by atoms with Crippen molar-refractivity contribution < 1.29 is 9.53 Å². The van der Waals surface area contributed by atoms with E-state index >= 15 is 0 Å². The fourth-order valence-electron chi connectivity index (χ4n) is 1.19. The van der Waals surface area contributed by atoms with E-state index < -0.39 is 6.09 Å². The number of anilines is 1. The second-order valence-electron chi connectivity index (χ2n) is 3.22. The first-order chi connectivity index (χ1) is 7.56. The number of carbonyl (C=O) groups excluding carboxylic acids is 1. The minimum absolute atomic E-state index is 0.00494. The van der Waals surface area contributed by atoms with Crippen molar-refractivity contribution in [1.82, 2.24) is 0 Å². The molecule has 5 nitrogen and oxygen atoms in total. The molecule has 0 radical (unpaired) electrons. The molecule has 0 unspecified atom stereocenters. The van der Waals surface area contributed by atoms with Crippen LogP contribution >= 0.6 is 0 Å². The number of amides is 1. The molecule has 0 aliphatic carbocycles. The molecule has 3 N–H and O–H groups in total. The van der Waals surface area contributed by atoms with Gasteiger partial charge >= 0.3 is 6.09 Å². The number of nitrogens with one attached hydrogen (secondary N) is 1. The van der Waals surface area contributed by atoms with Crippen LogP contribution in [0.3, 0.4) is 0 Å². The Balaban J connectivity index is 2.81. The van der Waals surface area contributed by atoms with Gasteiger partial charge in [0.05, 0.1) is 6.61 Å². The number of rotatable bonds is 3. The van der Waals surface area contributed by atoms with E-state index in [9.17, 15) is 4.79 Å². The van der Waals surface area contributed by atoms with Gasteiger partial charge in [0.2, 0.25) is 0 Å². The Morgan fingerprint density at radius 1 is 1.44 bits per heavy atom. The Morgan fingerprint density at radius 3 is 2.44 bits per heavy atom. The molecule has 0 atom stereocenters. The van der Waals surface area contributed by atoms with Crippen LogP contribution in [0, 0.1) is 5.41 Å². The first-order valence-electron chi connectivity index (χ1n) is 4.91. The third-order valence-corrected chi connectivity index (χ3v) is 2.11. The van der Waals surface area contributed by atoms with E-state index in [1.807, 2.05) is 0 Å². The molecule has 16 heavy (non-hydrogen) atoms. The van der Waals surface area contributed by atoms with Crippen LogP contribution in [0.25, 0.3) is 0 Å². The van der Waals surface area contributed by atoms with Crippen molar-refractivity contribution in [2.75, 3.05) is 18.6 Å². The van der Waals surface area contributed by atoms with Gasteiger partial charge in [-0.2, -0.15) is 0 Å². The molecule has 1 amide bonds. The lowest BCUT2D eigenvalue weighted by atomic mass is 10.2. The summed E-state index contributed by atoms with van der Waals surface area (Å²) < 4.78 is 4.86. The molecular formula is C11H15N3O2. The summed E-state index contributed by atoms with van der Waals surface area (Å²) in [6.07, 6.45) is -0.405. The first-order valence-corrected chi connectivity index (χ1v) is 4.91. The molecule has 1 aromatic carbocycles. The van der Waals surface area contributed by atoms with Crippen LogP contribution in [0.2, 0.25) is 0 Å². The highest BCUT2D eigenvalue weighted by Crippen LogP contribution is 2.14. The molecule has 1 aromatic rings. The summed E-state index contributed by atoms with van der Waals surface area (Å²) in [5, 5.41) is 7.24. The van der Waals surface area contributed by atoms with Crippen molar-refractivity contribution in [3.8, 4) is 0 Å². The number of benzene rings is 1. The van der Waals surface area contributed by atoms with Gasteiger partial charge in [-0.15, -0.1) is 0 Å². The standard InChI is InChI=1S/C11H15N3O2/c1-3-16-11(15)14(2)9-6-4-8(5-7-9)10(12)13/h4-7H,3H2,1-2H3,(H3,12,13). The van der Waals surface area contributed by atoms with E-state index in [0.717, 1.165) is 0 Å². The molecule has 0 aliphatic heterocycles. The fourth-order valence-corrected chi connectivity index (χ4v) is 1.19. The summed E-state index contributed by atoms with van der Waals surface area (Å²) in [6, 6.07) is 6.81. The van der Waals surface area contributed by atoms with E-state index in [1.165, 1.54) is 4.90 Å². The molecule has 0 saturated carbocycles. The van der Waals surface area contributed by atoms with Crippen molar-refractivity contribution >= 4 is 17.6 Å². The molecule has 86 valence electrons. The summed E-state index contributed by atoms with van der Waals surface area (Å²) in [7, 11) is 1.63. The second kappa shape index (κ2) is 5.16. The number of ether oxygens (including phenoxy) is 1. The van der Waals surface area contributed by atoms with E-state index in [2.05, 4.69) is 0 Å². The van der Waals surface area contributed by atoms with Gasteiger partial charge in [0, 0.05) is 18.3 Å². The monoisotopic (exact) mass is 221 g/mol. The lowest BCUT2D eigenvalue weighted by Gasteiger charge is -2.16. The molecule has 5 heteroatoms. The smallest absolute Gasteiger partial charge is 0.413 e. The Bertz CT molecular complexity index is 387. The third-order valence-electron chi connectivity index (χ3n) is 2.11. The Labute approximate surface area is 94.3 Å². The number of hydrogen-bond donors (Lipinski definition) is 2. The van der Waals surface area contributed by atoms with E-state index in [1.54, 1.807) is 38.2 Å². The molecule has 1 rings (SSSR count). The van der Waals surface area contributed by atoms with Crippen LogP contribution in [0.15, 0.2) is 24.3 Å². The highest BCUT2D eigenvalue weighted by atomic mass is 16.6. The van der Waals surface area contributed by atoms with E-state index in [0.29, 0.717) is 17.9 Å². The lowest BCUT2D eigenvalue weighted by Crippen LogP contribution is -2.27. The number of carbonyl (C=O) groups is 1. The lowest BCUT2D eigenvalue weighted by molar-refractivity contribution is 0.161. The van der Waals surface area contributed by atoms with Crippen LogP contribution < -0.4 is 10.6 Å². The van der Waals surface area contributed by atoms with Gasteiger partial charge in [-0.25, -0.2) is 4.79 Å². The van der Waals surface area contributed by atoms with Gasteiger partial charge in [0.15, 0.2) is 0 Å². The van der Waals surface area contributed by atoms with Gasteiger partial charge in [-0.3, -0.25) is 10.3 Å². The number of nitrogens with two attached hydrogens (primary N) is 1. The van der Waals surface area contributed by atoms with Crippen molar-refractivity contribution in [2.24, 2.45) is 5.73 Å². The topological polar surface area (TPSA) is 79.4 Å². The molecule has 0 bridgehead atoms. The molecule has 0 heterocycles. The average molecular weight is 221 g/mol. The largest absolute Gasteiger partial charge is 0.449 e. The summed E-state index contributed by atoms with van der Waals surface area (Å²) in [5.41, 5.74) is 6.65. The molecule has 0 saturated heterocycles. The molecular weight excluding hydrogens is 206 g/mol. The minimum atomic E-state index is -0.405. The van der Waals surface area contributed by atoms with Crippen LogP contribution in [0.1, 0.15) is 12.5 Å². The molecule has 0 aliphatic rings. The first kappa shape index (κ1) is 12.0. The zero-order valence-corrected chi connectivity index (χ0v) is 9.36. The number of hydrogen-bond acceptors (Lipinski definition) is 3. The van der Waals surface area contributed by atoms with Crippen LogP contribution in [0.4, 0.5) is 10.5 Å². The van der Waals surface area contributed by atoms with Crippen LogP contribution in [-0.2, 0) is 4.74 Å². The maximum Gasteiger partial charge on any atom is 0.413 e. The molecule has 0 fully saturated rings. The van der Waals surface area contributed by atoms with Gasteiger partial charge in [0.1, 0.15) is 5.84 Å². The fraction of sp³-hybridized carbons (Fsp3) is 0.273. The third kappa shape index (κ3) is 2.73. The normalized spacial score (nSPS) is 9.62. The summed E-state index contributed by atoms with van der Waals surface area (Å²) in [5.74, 6) is 0.00494. The highest BCUT2D eigenvalue weighted by Gasteiger charge is 2.11. The maximum absolute atomic E-state index is 11.4. The Hall–Kier alpha value is -2.04. The predicted molar refractivity (Wildman–Crippen MR) is 62.9 cm³/mol. The second-order valence-corrected chi connectivity index (χ2v) is 3.22. The van der Waals surface area contributed by atoms with Gasteiger partial charge < -0.3 is 10.5 Å². The van der Waals surface area contributed by atoms with Crippen molar-refractivity contribution in [1.29, 1.82) is 5.41 Å². The summed E-state index contributed by atoms with van der Waals surface area (Å²) in [6.45, 7) is 2.10. The Kier molecular flexibility index (Phi) is 3.88. The van der Waals surface area contributed by atoms with Crippen LogP contribution in [0.5, 0.6) is 0 Å². The van der Waals surface area contributed by atoms with Crippen molar-refractivity contribution in [3.63, 3.8) is 0 Å². The van der Waals surface area contributed by atoms with Gasteiger partial charge in [-0.1, -0.05) is 0 Å². The van der Waals surface area contributed by atoms with Gasteiger partial charge in [-0.05, 0) is 31.2 Å². The zero-order chi connectivity index (χ0) is 12.1. The van der Waals surface area contributed by atoms with E-state index in [-0.39, 0.29) is 5.84 Å². The van der Waals surface area contributed by atoms with Crippen LogP contribution in [-0.4, -0.2) is 25.6 Å². The highest BCUT2D eigenvalue weighted by molar-refractivity contribution is 5.95. The summed E-state index contributed by atoms with van der Waals surface area (Å²) >= 11 is 0. The van der Waals surface area contributed by atoms with Crippen molar-refractivity contribution in [3.05, 3.63) is 29.8 Å². The molecule has 0 aromatic heterocycles. The number of amidine groups is 1. The Morgan fingerprint density at radius 2 is 2.00 bits per heavy atom. The number of nitrogen functional groups attached to an aromatic ring is 1. The molecule has 0 spiro atoms. The maximum atomic E-state index is 11.4. The minimum Gasteiger partial charge on any atom is -0.449 e. The van der Waals surface area contributed by atoms with E-state index in [4.69, 9.17) is 15.9 Å². The predicted octanol–water partition coefficient (Wildman–Crippen LogP) is 1.56. The zero-order valence-electron chi connectivity index (χ0n) is 9.36. The quantitative estimate of drug-likeness (QED) is 0.600. The SMILES string of the molecule is CCOC(=O)N(C)c1ccc(C(=N)N)cc1. The number of nitrogens with zero attached hydrogens (tertiary/aromatic N) is 1. The summed E-state index contributed by atoms with van der Waals surface area (Å²) in [4.78, 5) is 12.8. The average Bonchev–Trinajstić information content (AvgIpc) is 2.28. The van der Waals surface area contributed by atoms with Crippen molar-refractivity contribution in [2.45, 2.75) is 6.92 Å².